The van der Waals surface area contributed by atoms with E-state index in [0.29, 0.717) is 18.7 Å². The van der Waals surface area contributed by atoms with Gasteiger partial charge in [0.15, 0.2) is 9.84 Å². The summed E-state index contributed by atoms with van der Waals surface area (Å²) >= 11 is 0. The minimum absolute atomic E-state index is 0.118. The standard InChI is InChI=1S/C14H18N2O3S/c1-4-16(10-11(2)9-15)14(17)12-6-5-7-13(8-12)20(3,18)19/h5-8,11H,4,10H2,1-3H3. The van der Waals surface area contributed by atoms with Crippen molar-refractivity contribution in [2.24, 2.45) is 5.92 Å². The number of nitriles is 1. The predicted octanol–water partition coefficient (Wildman–Crippen LogP) is 1.71. The molecule has 0 aliphatic carbocycles. The molecule has 1 rings (SSSR count). The highest BCUT2D eigenvalue weighted by molar-refractivity contribution is 7.90. The zero-order chi connectivity index (χ0) is 15.3. The van der Waals surface area contributed by atoms with Gasteiger partial charge in [-0.1, -0.05) is 6.07 Å². The van der Waals surface area contributed by atoms with Crippen LogP contribution in [-0.4, -0.2) is 38.6 Å². The normalized spacial score (nSPS) is 12.5. The van der Waals surface area contributed by atoms with Gasteiger partial charge in [-0.25, -0.2) is 8.42 Å². The van der Waals surface area contributed by atoms with Crippen molar-refractivity contribution in [1.82, 2.24) is 4.90 Å². The molecule has 1 unspecified atom stereocenters. The van der Waals surface area contributed by atoms with Crippen molar-refractivity contribution < 1.29 is 13.2 Å². The minimum Gasteiger partial charge on any atom is -0.338 e. The summed E-state index contributed by atoms with van der Waals surface area (Å²) in [6.45, 7) is 4.36. The Labute approximate surface area is 119 Å². The Bertz CT molecular complexity index is 632. The first kappa shape index (κ1) is 16.2. The van der Waals surface area contributed by atoms with Crippen LogP contribution in [0, 0.1) is 17.2 Å². The summed E-state index contributed by atoms with van der Waals surface area (Å²) in [5.74, 6) is -0.530. The van der Waals surface area contributed by atoms with Gasteiger partial charge in [0.25, 0.3) is 5.91 Å². The second-order valence-electron chi connectivity index (χ2n) is 4.67. The molecule has 0 saturated heterocycles. The molecular weight excluding hydrogens is 276 g/mol. The summed E-state index contributed by atoms with van der Waals surface area (Å²) in [6, 6.07) is 8.04. The fourth-order valence-electron chi connectivity index (χ4n) is 1.77. The topological polar surface area (TPSA) is 78.2 Å². The van der Waals surface area contributed by atoms with Crippen LogP contribution in [0.15, 0.2) is 29.2 Å². The summed E-state index contributed by atoms with van der Waals surface area (Å²) < 4.78 is 23.0. The summed E-state index contributed by atoms with van der Waals surface area (Å²) in [5, 5.41) is 8.82. The van der Waals surface area contributed by atoms with Gasteiger partial charge in [-0.15, -0.1) is 0 Å². The zero-order valence-corrected chi connectivity index (χ0v) is 12.6. The highest BCUT2D eigenvalue weighted by Gasteiger charge is 2.18. The van der Waals surface area contributed by atoms with Crippen molar-refractivity contribution in [3.63, 3.8) is 0 Å². The SMILES string of the molecule is CCN(CC(C)C#N)C(=O)c1cccc(S(C)(=O)=O)c1. The third kappa shape index (κ3) is 4.07. The predicted molar refractivity (Wildman–Crippen MR) is 75.9 cm³/mol. The molecule has 1 aromatic rings. The third-order valence-electron chi connectivity index (χ3n) is 2.89. The minimum atomic E-state index is -3.34. The van der Waals surface area contributed by atoms with Gasteiger partial charge in [0, 0.05) is 24.9 Å². The summed E-state index contributed by atoms with van der Waals surface area (Å²) in [5.41, 5.74) is 0.319. The molecule has 1 atom stereocenters. The van der Waals surface area contributed by atoms with Gasteiger partial charge in [-0.05, 0) is 32.0 Å². The Morgan fingerprint density at radius 1 is 1.45 bits per heavy atom. The van der Waals surface area contributed by atoms with E-state index in [1.54, 1.807) is 19.1 Å². The van der Waals surface area contributed by atoms with Gasteiger partial charge >= 0.3 is 0 Å². The van der Waals surface area contributed by atoms with Crippen LogP contribution in [0.2, 0.25) is 0 Å². The maximum Gasteiger partial charge on any atom is 0.253 e. The van der Waals surface area contributed by atoms with Crippen LogP contribution >= 0.6 is 0 Å². The fourth-order valence-corrected chi connectivity index (χ4v) is 2.44. The molecule has 108 valence electrons. The molecule has 0 spiro atoms. The number of sulfone groups is 1. The van der Waals surface area contributed by atoms with E-state index in [-0.39, 0.29) is 16.7 Å². The molecule has 0 fully saturated rings. The van der Waals surface area contributed by atoms with E-state index >= 15 is 0 Å². The Hall–Kier alpha value is -1.87. The lowest BCUT2D eigenvalue weighted by Crippen LogP contribution is -2.34. The first-order valence-corrected chi connectivity index (χ1v) is 8.17. The molecule has 0 aromatic heterocycles. The highest BCUT2D eigenvalue weighted by Crippen LogP contribution is 2.14. The Balaban J connectivity index is 3.05. The van der Waals surface area contributed by atoms with E-state index in [9.17, 15) is 13.2 Å². The van der Waals surface area contributed by atoms with Crippen LogP contribution in [0.4, 0.5) is 0 Å². The van der Waals surface area contributed by atoms with Gasteiger partial charge in [-0.2, -0.15) is 5.26 Å². The number of hydrogen-bond acceptors (Lipinski definition) is 4. The fraction of sp³-hybridized carbons (Fsp3) is 0.429. The van der Waals surface area contributed by atoms with Crippen LogP contribution in [0.5, 0.6) is 0 Å². The smallest absolute Gasteiger partial charge is 0.253 e. The monoisotopic (exact) mass is 294 g/mol. The van der Waals surface area contributed by atoms with Crippen LogP contribution in [0.3, 0.4) is 0 Å². The van der Waals surface area contributed by atoms with Crippen molar-refractivity contribution in [1.29, 1.82) is 5.26 Å². The van der Waals surface area contributed by atoms with Gasteiger partial charge in [0.2, 0.25) is 0 Å². The van der Waals surface area contributed by atoms with Gasteiger partial charge in [-0.3, -0.25) is 4.79 Å². The molecule has 6 heteroatoms. The molecule has 5 nitrogen and oxygen atoms in total. The molecule has 1 amide bonds. The van der Waals surface area contributed by atoms with Crippen molar-refractivity contribution in [2.45, 2.75) is 18.7 Å². The van der Waals surface area contributed by atoms with Crippen molar-refractivity contribution >= 4 is 15.7 Å². The molecule has 0 aliphatic heterocycles. The Morgan fingerprint density at radius 3 is 2.60 bits per heavy atom. The zero-order valence-electron chi connectivity index (χ0n) is 11.8. The van der Waals surface area contributed by atoms with Crippen LogP contribution < -0.4 is 0 Å². The summed E-state index contributed by atoms with van der Waals surface area (Å²) in [6.07, 6.45) is 1.10. The number of amides is 1. The van der Waals surface area contributed by atoms with Crippen molar-refractivity contribution in [2.75, 3.05) is 19.3 Å². The van der Waals surface area contributed by atoms with Crippen LogP contribution in [0.1, 0.15) is 24.2 Å². The van der Waals surface area contributed by atoms with Crippen LogP contribution in [0.25, 0.3) is 0 Å². The number of nitrogens with zero attached hydrogens (tertiary/aromatic N) is 2. The Morgan fingerprint density at radius 2 is 2.10 bits per heavy atom. The molecule has 0 radical (unpaired) electrons. The largest absolute Gasteiger partial charge is 0.338 e. The van der Waals surface area contributed by atoms with Gasteiger partial charge in [0.1, 0.15) is 0 Å². The number of rotatable bonds is 5. The van der Waals surface area contributed by atoms with E-state index < -0.39 is 9.84 Å². The molecule has 0 bridgehead atoms. The van der Waals surface area contributed by atoms with E-state index in [0.717, 1.165) is 6.26 Å². The lowest BCUT2D eigenvalue weighted by atomic mass is 10.1. The first-order valence-electron chi connectivity index (χ1n) is 6.28. The lowest BCUT2D eigenvalue weighted by molar-refractivity contribution is 0.0752. The summed E-state index contributed by atoms with van der Waals surface area (Å²) in [4.78, 5) is 14.0. The lowest BCUT2D eigenvalue weighted by Gasteiger charge is -2.22. The third-order valence-corrected chi connectivity index (χ3v) is 4.00. The molecule has 1 aromatic carbocycles. The molecule has 0 aliphatic rings. The molecule has 0 heterocycles. The molecule has 0 N–H and O–H groups in total. The summed E-state index contributed by atoms with van der Waals surface area (Å²) in [7, 11) is -3.34. The van der Waals surface area contributed by atoms with Gasteiger partial charge in [0.05, 0.1) is 16.9 Å². The Kier molecular flexibility index (Phi) is 5.28. The van der Waals surface area contributed by atoms with E-state index in [1.807, 2.05) is 6.92 Å². The van der Waals surface area contributed by atoms with Crippen molar-refractivity contribution in [3.8, 4) is 6.07 Å². The van der Waals surface area contributed by atoms with Gasteiger partial charge < -0.3 is 4.90 Å². The number of carbonyl (C=O) groups is 1. The van der Waals surface area contributed by atoms with E-state index in [2.05, 4.69) is 6.07 Å². The second-order valence-corrected chi connectivity index (χ2v) is 6.69. The highest BCUT2D eigenvalue weighted by atomic mass is 32.2. The number of benzene rings is 1. The molecule has 20 heavy (non-hydrogen) atoms. The van der Waals surface area contributed by atoms with Crippen molar-refractivity contribution in [3.05, 3.63) is 29.8 Å². The van der Waals surface area contributed by atoms with Crippen LogP contribution in [-0.2, 0) is 9.84 Å². The molecule has 0 saturated carbocycles. The quantitative estimate of drug-likeness (QED) is 0.828. The molecular formula is C14H18N2O3S. The van der Waals surface area contributed by atoms with E-state index in [4.69, 9.17) is 5.26 Å². The second kappa shape index (κ2) is 6.53. The maximum atomic E-state index is 12.3. The average molecular weight is 294 g/mol. The maximum absolute atomic E-state index is 12.3. The number of carbonyl (C=O) groups excluding carboxylic acids is 1. The van der Waals surface area contributed by atoms with E-state index in [1.165, 1.54) is 17.0 Å². The number of hydrogen-bond donors (Lipinski definition) is 0. The first-order chi connectivity index (χ1) is 9.29. The average Bonchev–Trinajstić information content (AvgIpc) is 2.42.